The maximum atomic E-state index is 13.2. The summed E-state index contributed by atoms with van der Waals surface area (Å²) in [5, 5.41) is 5.94. The predicted molar refractivity (Wildman–Crippen MR) is 77.2 cm³/mol. The molecule has 3 rings (SSSR count). The fourth-order valence-corrected chi connectivity index (χ4v) is 2.12. The quantitative estimate of drug-likeness (QED) is 0.856. The summed E-state index contributed by atoms with van der Waals surface area (Å²) in [5.74, 6) is -0.201. The number of ether oxygens (including phenoxy) is 1. The van der Waals surface area contributed by atoms with Gasteiger partial charge in [0.2, 0.25) is 0 Å². The number of aromatic nitrogens is 2. The van der Waals surface area contributed by atoms with Crippen molar-refractivity contribution in [2.24, 2.45) is 0 Å². The van der Waals surface area contributed by atoms with Crippen LogP contribution in [0.5, 0.6) is 5.75 Å². The third-order valence-electron chi connectivity index (χ3n) is 3.46. The van der Waals surface area contributed by atoms with E-state index >= 15 is 0 Å². The third-order valence-corrected chi connectivity index (χ3v) is 3.46. The molecule has 23 heavy (non-hydrogen) atoms. The molecule has 1 aromatic heterocycles. The fraction of sp³-hybridized carbons (Fsp3) is 0.333. The molecule has 0 unspecified atom stereocenters. The third kappa shape index (κ3) is 3.89. The monoisotopic (exact) mass is 325 g/mol. The lowest BCUT2D eigenvalue weighted by atomic mass is 10.1. The molecule has 0 spiro atoms. The first-order valence-corrected chi connectivity index (χ1v) is 7.06. The molecule has 1 aliphatic rings. The topological polar surface area (TPSA) is 58.0 Å². The second-order valence-electron chi connectivity index (χ2n) is 5.21. The molecular weight excluding hydrogens is 311 g/mol. The molecule has 0 aliphatic carbocycles. The van der Waals surface area contributed by atoms with Gasteiger partial charge in [-0.05, 0) is 24.3 Å². The number of H-pyrrole nitrogens is 1. The molecule has 0 amide bonds. The van der Waals surface area contributed by atoms with Crippen LogP contribution in [-0.4, -0.2) is 41.3 Å². The molecule has 0 atom stereocenters. The van der Waals surface area contributed by atoms with Gasteiger partial charge in [-0.2, -0.15) is 18.3 Å². The summed E-state index contributed by atoms with van der Waals surface area (Å²) < 4.78 is 45.0. The maximum absolute atomic E-state index is 13.2. The first kappa shape index (κ1) is 15.5. The van der Waals surface area contributed by atoms with Gasteiger partial charge in [0.15, 0.2) is 0 Å². The van der Waals surface area contributed by atoms with E-state index < -0.39 is 17.3 Å². The Labute approximate surface area is 129 Å². The van der Waals surface area contributed by atoms with Gasteiger partial charge >= 0.3 is 6.18 Å². The SMILES string of the molecule is O=c1ccc(-c2ccc(OCCN3CC3)c(C(F)(F)F)c2)n[nH]1. The first-order valence-electron chi connectivity index (χ1n) is 7.06. The molecule has 1 aromatic carbocycles. The van der Waals surface area contributed by atoms with Gasteiger partial charge in [-0.3, -0.25) is 9.69 Å². The zero-order valence-electron chi connectivity index (χ0n) is 12.1. The van der Waals surface area contributed by atoms with E-state index in [0.717, 1.165) is 19.2 Å². The van der Waals surface area contributed by atoms with Crippen LogP contribution >= 0.6 is 0 Å². The largest absolute Gasteiger partial charge is 0.492 e. The van der Waals surface area contributed by atoms with Crippen LogP contribution < -0.4 is 10.3 Å². The number of nitrogens with one attached hydrogen (secondary N) is 1. The molecular formula is C15H14F3N3O2. The molecule has 1 aliphatic heterocycles. The summed E-state index contributed by atoms with van der Waals surface area (Å²) >= 11 is 0. The van der Waals surface area contributed by atoms with E-state index in [1.54, 1.807) is 0 Å². The van der Waals surface area contributed by atoms with Gasteiger partial charge < -0.3 is 4.74 Å². The highest BCUT2D eigenvalue weighted by molar-refractivity contribution is 5.62. The molecule has 2 aromatic rings. The number of alkyl halides is 3. The highest BCUT2D eigenvalue weighted by Crippen LogP contribution is 2.38. The van der Waals surface area contributed by atoms with Gasteiger partial charge in [-0.15, -0.1) is 0 Å². The number of aromatic amines is 1. The Kier molecular flexibility index (Phi) is 4.08. The van der Waals surface area contributed by atoms with Crippen molar-refractivity contribution in [1.29, 1.82) is 0 Å². The van der Waals surface area contributed by atoms with Crippen LogP contribution in [0.4, 0.5) is 13.2 Å². The lowest BCUT2D eigenvalue weighted by Crippen LogP contribution is -2.14. The van der Waals surface area contributed by atoms with Gasteiger partial charge in [0, 0.05) is 31.3 Å². The highest BCUT2D eigenvalue weighted by atomic mass is 19.4. The van der Waals surface area contributed by atoms with E-state index in [4.69, 9.17) is 4.74 Å². The highest BCUT2D eigenvalue weighted by Gasteiger charge is 2.35. The lowest BCUT2D eigenvalue weighted by molar-refractivity contribution is -0.138. The Hall–Kier alpha value is -2.35. The van der Waals surface area contributed by atoms with Crippen LogP contribution in [0.15, 0.2) is 35.1 Å². The summed E-state index contributed by atoms with van der Waals surface area (Å²) in [6, 6.07) is 6.34. The second kappa shape index (κ2) is 6.04. The van der Waals surface area contributed by atoms with E-state index in [1.165, 1.54) is 24.3 Å². The second-order valence-corrected chi connectivity index (χ2v) is 5.21. The molecule has 1 N–H and O–H groups in total. The number of hydrogen-bond donors (Lipinski definition) is 1. The molecule has 1 fully saturated rings. The minimum Gasteiger partial charge on any atom is -0.492 e. The van der Waals surface area contributed by atoms with Crippen LogP contribution in [0, 0.1) is 0 Å². The Morgan fingerprint density at radius 1 is 1.22 bits per heavy atom. The molecule has 5 nitrogen and oxygen atoms in total. The zero-order chi connectivity index (χ0) is 16.4. The number of nitrogens with zero attached hydrogens (tertiary/aromatic N) is 2. The van der Waals surface area contributed by atoms with Gasteiger partial charge in [0.1, 0.15) is 12.4 Å². The Balaban J connectivity index is 1.87. The van der Waals surface area contributed by atoms with Crippen LogP contribution in [-0.2, 0) is 6.18 Å². The average Bonchev–Trinajstić information content (AvgIpc) is 3.32. The minimum atomic E-state index is -4.53. The van der Waals surface area contributed by atoms with Gasteiger partial charge in [0.25, 0.3) is 5.56 Å². The number of hydrogen-bond acceptors (Lipinski definition) is 4. The normalized spacial score (nSPS) is 14.7. The summed E-state index contributed by atoms with van der Waals surface area (Å²) in [7, 11) is 0. The van der Waals surface area contributed by atoms with Crippen molar-refractivity contribution in [2.45, 2.75) is 6.18 Å². The van der Waals surface area contributed by atoms with E-state index in [1.807, 2.05) is 0 Å². The van der Waals surface area contributed by atoms with Gasteiger partial charge in [-0.25, -0.2) is 5.10 Å². The van der Waals surface area contributed by atoms with E-state index in [2.05, 4.69) is 15.1 Å². The Morgan fingerprint density at radius 3 is 2.61 bits per heavy atom. The zero-order valence-corrected chi connectivity index (χ0v) is 12.1. The van der Waals surface area contributed by atoms with Gasteiger partial charge in [-0.1, -0.05) is 0 Å². The fourth-order valence-electron chi connectivity index (χ4n) is 2.12. The number of rotatable bonds is 5. The summed E-state index contributed by atoms with van der Waals surface area (Å²) in [6.45, 7) is 2.75. The van der Waals surface area contributed by atoms with Crippen LogP contribution in [0.3, 0.4) is 0 Å². The van der Waals surface area contributed by atoms with Crippen LogP contribution in [0.25, 0.3) is 11.3 Å². The van der Waals surface area contributed by atoms with Crippen molar-refractivity contribution in [3.8, 4) is 17.0 Å². The smallest absolute Gasteiger partial charge is 0.419 e. The van der Waals surface area contributed by atoms with E-state index in [9.17, 15) is 18.0 Å². The van der Waals surface area contributed by atoms with Crippen molar-refractivity contribution < 1.29 is 17.9 Å². The molecule has 2 heterocycles. The Morgan fingerprint density at radius 2 is 2.00 bits per heavy atom. The first-order chi connectivity index (χ1) is 10.9. The van der Waals surface area contributed by atoms with Crippen LogP contribution in [0.1, 0.15) is 5.56 Å². The number of halogens is 3. The molecule has 8 heteroatoms. The predicted octanol–water partition coefficient (Wildman–Crippen LogP) is 2.15. The molecule has 0 radical (unpaired) electrons. The maximum Gasteiger partial charge on any atom is 0.419 e. The summed E-state index contributed by atoms with van der Waals surface area (Å²) in [5.41, 5.74) is -0.758. The average molecular weight is 325 g/mol. The van der Waals surface area contributed by atoms with Crippen molar-refractivity contribution in [1.82, 2.24) is 15.1 Å². The van der Waals surface area contributed by atoms with E-state index in [-0.39, 0.29) is 23.6 Å². The molecule has 0 bridgehead atoms. The molecule has 0 saturated carbocycles. The number of benzene rings is 1. The van der Waals surface area contributed by atoms with Gasteiger partial charge in [0.05, 0.1) is 11.3 Å². The lowest BCUT2D eigenvalue weighted by Gasteiger charge is -2.15. The summed E-state index contributed by atoms with van der Waals surface area (Å²) in [4.78, 5) is 13.1. The summed E-state index contributed by atoms with van der Waals surface area (Å²) in [6.07, 6.45) is -4.53. The van der Waals surface area contributed by atoms with Crippen molar-refractivity contribution >= 4 is 0 Å². The van der Waals surface area contributed by atoms with Crippen molar-refractivity contribution in [2.75, 3.05) is 26.2 Å². The molecule has 1 saturated heterocycles. The van der Waals surface area contributed by atoms with E-state index in [0.29, 0.717) is 6.54 Å². The van der Waals surface area contributed by atoms with Crippen LogP contribution in [0.2, 0.25) is 0 Å². The standard InChI is InChI=1S/C15H14F3N3O2/c16-15(17,18)11-9-10(12-2-4-14(22)20-19-12)1-3-13(11)23-8-7-21-5-6-21/h1-4,9H,5-8H2,(H,20,22). The van der Waals surface area contributed by atoms with Crippen molar-refractivity contribution in [3.63, 3.8) is 0 Å². The minimum absolute atomic E-state index is 0.201. The molecule has 122 valence electrons. The Bertz CT molecular complexity index is 734. The van der Waals surface area contributed by atoms with Crippen molar-refractivity contribution in [3.05, 3.63) is 46.2 Å².